The molecular formula is C20H22ClN3O3. The Morgan fingerprint density at radius 1 is 1.04 bits per heavy atom. The van der Waals surface area contributed by atoms with Gasteiger partial charge in [-0.15, -0.1) is 0 Å². The van der Waals surface area contributed by atoms with Gasteiger partial charge in [0.2, 0.25) is 11.8 Å². The molecule has 142 valence electrons. The minimum atomic E-state index is -0.0738. The Kier molecular flexibility index (Phi) is 6.29. The molecule has 2 heterocycles. The van der Waals surface area contributed by atoms with E-state index in [1.165, 1.54) is 6.20 Å². The Balaban J connectivity index is 1.52. The molecule has 0 bridgehead atoms. The Labute approximate surface area is 163 Å². The number of rotatable bonds is 5. The SMILES string of the molecule is CCOc1ccc(C(=O)N2CCN(C(=O)Cc3ccc(Cl)cc3)CC2)cn1. The lowest BCUT2D eigenvalue weighted by Gasteiger charge is -2.34. The average molecular weight is 388 g/mol. The van der Waals surface area contributed by atoms with Crippen molar-refractivity contribution < 1.29 is 14.3 Å². The molecule has 0 unspecified atom stereocenters. The number of carbonyl (C=O) groups excluding carboxylic acids is 2. The van der Waals surface area contributed by atoms with Crippen LogP contribution < -0.4 is 4.74 Å². The van der Waals surface area contributed by atoms with Crippen LogP contribution in [0.1, 0.15) is 22.8 Å². The Morgan fingerprint density at radius 2 is 1.70 bits per heavy atom. The molecule has 6 nitrogen and oxygen atoms in total. The van der Waals surface area contributed by atoms with Crippen LogP contribution in [0.4, 0.5) is 0 Å². The molecule has 27 heavy (non-hydrogen) atoms. The van der Waals surface area contributed by atoms with E-state index in [-0.39, 0.29) is 11.8 Å². The maximum atomic E-state index is 12.6. The van der Waals surface area contributed by atoms with E-state index in [1.54, 1.807) is 34.1 Å². The summed E-state index contributed by atoms with van der Waals surface area (Å²) in [6.07, 6.45) is 1.87. The van der Waals surface area contributed by atoms with E-state index in [0.717, 1.165) is 5.56 Å². The van der Waals surface area contributed by atoms with Gasteiger partial charge in [-0.1, -0.05) is 23.7 Å². The molecule has 0 N–H and O–H groups in total. The summed E-state index contributed by atoms with van der Waals surface area (Å²) in [5, 5.41) is 0.655. The molecule has 1 aromatic heterocycles. The van der Waals surface area contributed by atoms with Crippen molar-refractivity contribution in [1.82, 2.24) is 14.8 Å². The number of carbonyl (C=O) groups is 2. The first-order valence-electron chi connectivity index (χ1n) is 8.97. The minimum absolute atomic E-state index is 0.0622. The van der Waals surface area contributed by atoms with Gasteiger partial charge in [0, 0.05) is 43.5 Å². The Hall–Kier alpha value is -2.60. The topological polar surface area (TPSA) is 62.7 Å². The second-order valence-corrected chi connectivity index (χ2v) is 6.73. The van der Waals surface area contributed by atoms with Crippen LogP contribution in [0.3, 0.4) is 0 Å². The normalized spacial score (nSPS) is 14.1. The summed E-state index contributed by atoms with van der Waals surface area (Å²) in [4.78, 5) is 32.8. The summed E-state index contributed by atoms with van der Waals surface area (Å²) in [7, 11) is 0. The van der Waals surface area contributed by atoms with Crippen LogP contribution in [0.5, 0.6) is 5.88 Å². The van der Waals surface area contributed by atoms with E-state index in [4.69, 9.17) is 16.3 Å². The van der Waals surface area contributed by atoms with Gasteiger partial charge in [0.05, 0.1) is 18.6 Å². The molecule has 1 fully saturated rings. The number of piperazine rings is 1. The highest BCUT2D eigenvalue weighted by Gasteiger charge is 2.25. The van der Waals surface area contributed by atoms with Crippen molar-refractivity contribution in [3.63, 3.8) is 0 Å². The van der Waals surface area contributed by atoms with Crippen LogP contribution in [0, 0.1) is 0 Å². The standard InChI is InChI=1S/C20H22ClN3O3/c1-2-27-18-8-5-16(14-22-18)20(26)24-11-9-23(10-12-24)19(25)13-15-3-6-17(21)7-4-15/h3-8,14H,2,9-13H2,1H3. The molecule has 0 radical (unpaired) electrons. The molecule has 0 aliphatic carbocycles. The summed E-state index contributed by atoms with van der Waals surface area (Å²) in [5.41, 5.74) is 1.46. The van der Waals surface area contributed by atoms with E-state index >= 15 is 0 Å². The highest BCUT2D eigenvalue weighted by atomic mass is 35.5. The fraction of sp³-hybridized carbons (Fsp3) is 0.350. The summed E-state index contributed by atoms with van der Waals surface area (Å²) in [6.45, 7) is 4.50. The lowest BCUT2D eigenvalue weighted by Crippen LogP contribution is -2.51. The molecule has 7 heteroatoms. The van der Waals surface area contributed by atoms with E-state index in [1.807, 2.05) is 19.1 Å². The largest absolute Gasteiger partial charge is 0.478 e. The monoisotopic (exact) mass is 387 g/mol. The zero-order valence-corrected chi connectivity index (χ0v) is 16.0. The first-order chi connectivity index (χ1) is 13.1. The number of nitrogens with zero attached hydrogens (tertiary/aromatic N) is 3. The van der Waals surface area contributed by atoms with Crippen LogP contribution in [0.25, 0.3) is 0 Å². The van der Waals surface area contributed by atoms with Crippen molar-refractivity contribution in [2.45, 2.75) is 13.3 Å². The maximum Gasteiger partial charge on any atom is 0.255 e. The van der Waals surface area contributed by atoms with Gasteiger partial charge >= 0.3 is 0 Å². The van der Waals surface area contributed by atoms with Crippen LogP contribution in [-0.4, -0.2) is 59.4 Å². The lowest BCUT2D eigenvalue weighted by molar-refractivity contribution is -0.131. The molecule has 0 spiro atoms. The van der Waals surface area contributed by atoms with Gasteiger partial charge < -0.3 is 14.5 Å². The van der Waals surface area contributed by atoms with Crippen molar-refractivity contribution in [2.24, 2.45) is 0 Å². The van der Waals surface area contributed by atoms with Gasteiger partial charge in [-0.25, -0.2) is 4.98 Å². The van der Waals surface area contributed by atoms with Gasteiger partial charge in [0.1, 0.15) is 0 Å². The predicted molar refractivity (Wildman–Crippen MR) is 103 cm³/mol. The highest BCUT2D eigenvalue weighted by molar-refractivity contribution is 6.30. The van der Waals surface area contributed by atoms with Gasteiger partial charge in [-0.3, -0.25) is 9.59 Å². The second kappa shape index (κ2) is 8.86. The molecule has 1 aliphatic rings. The molecule has 0 atom stereocenters. The molecule has 0 saturated carbocycles. The van der Waals surface area contributed by atoms with Crippen molar-refractivity contribution in [2.75, 3.05) is 32.8 Å². The van der Waals surface area contributed by atoms with Gasteiger partial charge in [0.25, 0.3) is 5.91 Å². The summed E-state index contributed by atoms with van der Waals surface area (Å²) in [6, 6.07) is 10.7. The summed E-state index contributed by atoms with van der Waals surface area (Å²) in [5.74, 6) is 0.495. The molecule has 1 saturated heterocycles. The first-order valence-corrected chi connectivity index (χ1v) is 9.35. The average Bonchev–Trinajstić information content (AvgIpc) is 2.70. The number of benzene rings is 1. The second-order valence-electron chi connectivity index (χ2n) is 6.29. The zero-order chi connectivity index (χ0) is 19.2. The zero-order valence-electron chi connectivity index (χ0n) is 15.2. The van der Waals surface area contributed by atoms with Crippen molar-refractivity contribution in [3.8, 4) is 5.88 Å². The molecule has 1 aromatic carbocycles. The third kappa shape index (κ3) is 4.98. The van der Waals surface area contributed by atoms with E-state index in [2.05, 4.69) is 4.98 Å². The fourth-order valence-electron chi connectivity index (χ4n) is 2.97. The van der Waals surface area contributed by atoms with Crippen LogP contribution in [0.15, 0.2) is 42.6 Å². The predicted octanol–water partition coefficient (Wildman–Crippen LogP) is 2.66. The molecule has 1 aliphatic heterocycles. The van der Waals surface area contributed by atoms with Crippen LogP contribution >= 0.6 is 11.6 Å². The summed E-state index contributed by atoms with van der Waals surface area (Å²) >= 11 is 5.87. The van der Waals surface area contributed by atoms with Crippen molar-refractivity contribution in [1.29, 1.82) is 0 Å². The van der Waals surface area contributed by atoms with Crippen molar-refractivity contribution >= 4 is 23.4 Å². The smallest absolute Gasteiger partial charge is 0.255 e. The van der Waals surface area contributed by atoms with E-state index in [0.29, 0.717) is 55.7 Å². The minimum Gasteiger partial charge on any atom is -0.478 e. The van der Waals surface area contributed by atoms with Crippen LogP contribution in [0.2, 0.25) is 5.02 Å². The Bertz CT molecular complexity index is 785. The third-order valence-electron chi connectivity index (χ3n) is 4.46. The van der Waals surface area contributed by atoms with Crippen molar-refractivity contribution in [3.05, 3.63) is 58.7 Å². The molecular weight excluding hydrogens is 366 g/mol. The number of hydrogen-bond donors (Lipinski definition) is 0. The Morgan fingerprint density at radius 3 is 2.30 bits per heavy atom. The fourth-order valence-corrected chi connectivity index (χ4v) is 3.10. The third-order valence-corrected chi connectivity index (χ3v) is 4.72. The number of pyridine rings is 1. The van der Waals surface area contributed by atoms with E-state index in [9.17, 15) is 9.59 Å². The molecule has 3 rings (SSSR count). The number of amides is 2. The highest BCUT2D eigenvalue weighted by Crippen LogP contribution is 2.14. The number of ether oxygens (including phenoxy) is 1. The first kappa shape index (κ1) is 19.2. The van der Waals surface area contributed by atoms with Crippen LogP contribution in [-0.2, 0) is 11.2 Å². The van der Waals surface area contributed by atoms with Gasteiger partial charge in [-0.05, 0) is 30.7 Å². The summed E-state index contributed by atoms with van der Waals surface area (Å²) < 4.78 is 5.29. The van der Waals surface area contributed by atoms with Gasteiger partial charge in [-0.2, -0.15) is 0 Å². The lowest BCUT2D eigenvalue weighted by atomic mass is 10.1. The molecule has 2 aromatic rings. The number of halogens is 1. The maximum absolute atomic E-state index is 12.6. The quantitative estimate of drug-likeness (QED) is 0.791. The number of aromatic nitrogens is 1. The van der Waals surface area contributed by atoms with Gasteiger partial charge in [0.15, 0.2) is 0 Å². The number of hydrogen-bond acceptors (Lipinski definition) is 4. The van der Waals surface area contributed by atoms with E-state index < -0.39 is 0 Å². The molecule has 2 amide bonds.